The number of ether oxygens (including phenoxy) is 1. The lowest BCUT2D eigenvalue weighted by Gasteiger charge is -2.26. The quantitative estimate of drug-likeness (QED) is 0.823. The van der Waals surface area contributed by atoms with Gasteiger partial charge in [-0.15, -0.1) is 0 Å². The van der Waals surface area contributed by atoms with Gasteiger partial charge in [-0.25, -0.2) is 0 Å². The Bertz CT molecular complexity index is 458. The number of esters is 1. The lowest BCUT2D eigenvalue weighted by molar-refractivity contribution is -0.141. The van der Waals surface area contributed by atoms with Crippen molar-refractivity contribution in [2.45, 2.75) is 19.9 Å². The van der Waals surface area contributed by atoms with E-state index in [1.54, 1.807) is 19.2 Å². The van der Waals surface area contributed by atoms with Gasteiger partial charge < -0.3 is 15.0 Å². The molecule has 19 heavy (non-hydrogen) atoms. The van der Waals surface area contributed by atoms with E-state index < -0.39 is 5.97 Å². The van der Waals surface area contributed by atoms with Gasteiger partial charge in [-0.1, -0.05) is 12.1 Å². The Morgan fingerprint density at radius 1 is 1.32 bits per heavy atom. The van der Waals surface area contributed by atoms with Gasteiger partial charge in [-0.05, 0) is 26.0 Å². The Hall–Kier alpha value is -2.04. The zero-order chi connectivity index (χ0) is 14.4. The molecule has 0 bridgehead atoms. The topological polar surface area (TPSA) is 58.6 Å². The molecule has 5 nitrogen and oxygen atoms in total. The van der Waals surface area contributed by atoms with Crippen LogP contribution in [0.1, 0.15) is 24.2 Å². The zero-order valence-electron chi connectivity index (χ0n) is 11.8. The molecule has 0 aliphatic carbocycles. The van der Waals surface area contributed by atoms with Gasteiger partial charge in [0.1, 0.15) is 6.54 Å². The summed E-state index contributed by atoms with van der Waals surface area (Å²) in [4.78, 5) is 25.4. The van der Waals surface area contributed by atoms with Gasteiger partial charge in [0.15, 0.2) is 0 Å². The van der Waals surface area contributed by atoms with Crippen LogP contribution in [-0.4, -0.2) is 43.5 Å². The molecular formula is C14H20N2O3. The second-order valence-corrected chi connectivity index (χ2v) is 4.40. The van der Waals surface area contributed by atoms with Gasteiger partial charge in [0.25, 0.3) is 5.91 Å². The summed E-state index contributed by atoms with van der Waals surface area (Å²) in [5.74, 6) is -0.616. The minimum Gasteiger partial charge on any atom is -0.468 e. The summed E-state index contributed by atoms with van der Waals surface area (Å²) in [7, 11) is 3.07. The Labute approximate surface area is 113 Å². The lowest BCUT2D eigenvalue weighted by atomic mass is 10.1. The maximum absolute atomic E-state index is 12.5. The molecule has 0 unspecified atom stereocenters. The highest BCUT2D eigenvalue weighted by Crippen LogP contribution is 2.17. The fourth-order valence-corrected chi connectivity index (χ4v) is 1.73. The van der Waals surface area contributed by atoms with E-state index in [-0.39, 0.29) is 18.5 Å². The highest BCUT2D eigenvalue weighted by atomic mass is 16.5. The average Bonchev–Trinajstić information content (AvgIpc) is 2.43. The first-order chi connectivity index (χ1) is 9.01. The normalized spacial score (nSPS) is 10.2. The molecule has 1 amide bonds. The minimum absolute atomic E-state index is 0.0505. The second-order valence-electron chi connectivity index (χ2n) is 4.40. The maximum Gasteiger partial charge on any atom is 0.325 e. The standard InChI is InChI=1S/C14H20N2O3/c1-10(2)16(9-13(17)19-4)14(18)11-7-5-6-8-12(11)15-3/h5-8,10,15H,9H2,1-4H3. The van der Waals surface area contributed by atoms with Crippen LogP contribution in [-0.2, 0) is 9.53 Å². The number of anilines is 1. The summed E-state index contributed by atoms with van der Waals surface area (Å²) in [6.45, 7) is 3.68. The Kier molecular flexibility index (Phi) is 5.36. The molecule has 1 rings (SSSR count). The maximum atomic E-state index is 12.5. The number of rotatable bonds is 5. The molecule has 0 aromatic heterocycles. The number of nitrogens with zero attached hydrogens (tertiary/aromatic N) is 1. The molecular weight excluding hydrogens is 244 g/mol. The van der Waals surface area contributed by atoms with Crippen LogP contribution in [0.2, 0.25) is 0 Å². The van der Waals surface area contributed by atoms with E-state index in [4.69, 9.17) is 0 Å². The predicted octanol–water partition coefficient (Wildman–Crippen LogP) is 1.75. The van der Waals surface area contributed by atoms with E-state index in [1.165, 1.54) is 12.0 Å². The van der Waals surface area contributed by atoms with Crippen molar-refractivity contribution >= 4 is 17.6 Å². The molecule has 1 aromatic carbocycles. The molecule has 0 saturated heterocycles. The molecule has 0 aliphatic rings. The molecule has 0 saturated carbocycles. The first-order valence-electron chi connectivity index (χ1n) is 6.15. The molecule has 5 heteroatoms. The van der Waals surface area contributed by atoms with Crippen LogP contribution in [0.3, 0.4) is 0 Å². The first-order valence-corrected chi connectivity index (χ1v) is 6.15. The van der Waals surface area contributed by atoms with Crippen molar-refractivity contribution in [2.75, 3.05) is 26.0 Å². The van der Waals surface area contributed by atoms with Crippen molar-refractivity contribution in [3.8, 4) is 0 Å². The third-order valence-corrected chi connectivity index (χ3v) is 2.84. The minimum atomic E-state index is -0.427. The highest BCUT2D eigenvalue weighted by molar-refractivity contribution is 6.00. The van der Waals surface area contributed by atoms with Gasteiger partial charge in [0.05, 0.1) is 12.7 Å². The van der Waals surface area contributed by atoms with Crippen molar-refractivity contribution in [3.05, 3.63) is 29.8 Å². The molecule has 0 aliphatic heterocycles. The summed E-state index contributed by atoms with van der Waals surface area (Å²) in [6.07, 6.45) is 0. The van der Waals surface area contributed by atoms with Gasteiger partial charge in [0.2, 0.25) is 0 Å². The number of nitrogens with one attached hydrogen (secondary N) is 1. The van der Waals surface area contributed by atoms with Crippen LogP contribution in [0.5, 0.6) is 0 Å². The van der Waals surface area contributed by atoms with Crippen molar-refractivity contribution in [2.24, 2.45) is 0 Å². The zero-order valence-corrected chi connectivity index (χ0v) is 11.8. The molecule has 0 fully saturated rings. The number of amides is 1. The monoisotopic (exact) mass is 264 g/mol. The lowest BCUT2D eigenvalue weighted by Crippen LogP contribution is -2.41. The second kappa shape index (κ2) is 6.78. The number of carbonyl (C=O) groups is 2. The molecule has 0 heterocycles. The van der Waals surface area contributed by atoms with Crippen LogP contribution in [0.4, 0.5) is 5.69 Å². The fraction of sp³-hybridized carbons (Fsp3) is 0.429. The molecule has 0 radical (unpaired) electrons. The van der Waals surface area contributed by atoms with Crippen molar-refractivity contribution < 1.29 is 14.3 Å². The van der Waals surface area contributed by atoms with Crippen LogP contribution in [0.25, 0.3) is 0 Å². The Balaban J connectivity index is 3.02. The first kappa shape index (κ1) is 15.0. The molecule has 0 atom stereocenters. The number of carbonyl (C=O) groups excluding carboxylic acids is 2. The van der Waals surface area contributed by atoms with Crippen molar-refractivity contribution in [3.63, 3.8) is 0 Å². The predicted molar refractivity (Wildman–Crippen MR) is 74.2 cm³/mol. The summed E-state index contributed by atoms with van der Waals surface area (Å²) in [5.41, 5.74) is 1.28. The Morgan fingerprint density at radius 2 is 1.95 bits per heavy atom. The van der Waals surface area contributed by atoms with Crippen LogP contribution >= 0.6 is 0 Å². The van der Waals surface area contributed by atoms with Crippen molar-refractivity contribution in [1.29, 1.82) is 0 Å². The third kappa shape index (κ3) is 3.71. The number of hydrogen-bond acceptors (Lipinski definition) is 4. The number of benzene rings is 1. The van der Waals surface area contributed by atoms with E-state index in [1.807, 2.05) is 26.0 Å². The van der Waals surface area contributed by atoms with Gasteiger partial charge in [0, 0.05) is 18.8 Å². The smallest absolute Gasteiger partial charge is 0.325 e. The SMILES string of the molecule is CNc1ccccc1C(=O)N(CC(=O)OC)C(C)C. The molecule has 1 aromatic rings. The molecule has 104 valence electrons. The van der Waals surface area contributed by atoms with Gasteiger partial charge >= 0.3 is 5.97 Å². The van der Waals surface area contributed by atoms with Crippen molar-refractivity contribution in [1.82, 2.24) is 4.90 Å². The average molecular weight is 264 g/mol. The third-order valence-electron chi connectivity index (χ3n) is 2.84. The van der Waals surface area contributed by atoms with Gasteiger partial charge in [-0.2, -0.15) is 0 Å². The van der Waals surface area contributed by atoms with Crippen LogP contribution in [0, 0.1) is 0 Å². The Morgan fingerprint density at radius 3 is 2.47 bits per heavy atom. The fourth-order valence-electron chi connectivity index (χ4n) is 1.73. The van der Waals surface area contributed by atoms with E-state index in [0.29, 0.717) is 5.56 Å². The number of methoxy groups -OCH3 is 1. The summed E-state index contributed by atoms with van der Waals surface area (Å²) in [5, 5.41) is 2.97. The van der Waals surface area contributed by atoms with Crippen LogP contribution in [0.15, 0.2) is 24.3 Å². The van der Waals surface area contributed by atoms with E-state index in [0.717, 1.165) is 5.69 Å². The van der Waals surface area contributed by atoms with Gasteiger partial charge in [-0.3, -0.25) is 9.59 Å². The summed E-state index contributed by atoms with van der Waals surface area (Å²) in [6, 6.07) is 7.12. The van der Waals surface area contributed by atoms with E-state index in [2.05, 4.69) is 10.1 Å². The van der Waals surface area contributed by atoms with Crippen LogP contribution < -0.4 is 5.32 Å². The summed E-state index contributed by atoms with van der Waals surface area (Å²) >= 11 is 0. The highest BCUT2D eigenvalue weighted by Gasteiger charge is 2.23. The largest absolute Gasteiger partial charge is 0.468 e. The number of para-hydroxylation sites is 1. The van der Waals surface area contributed by atoms with E-state index in [9.17, 15) is 9.59 Å². The number of hydrogen-bond donors (Lipinski definition) is 1. The van der Waals surface area contributed by atoms with E-state index >= 15 is 0 Å². The summed E-state index contributed by atoms with van der Waals surface area (Å²) < 4.78 is 4.63. The molecule has 1 N–H and O–H groups in total. The molecule has 0 spiro atoms.